The fourth-order valence-corrected chi connectivity index (χ4v) is 2.96. The SMILES string of the molecule is Cc1[nH]c2ccc(CNC(=O)c3cnc4ccccc4n3)cc2c1C. The summed E-state index contributed by atoms with van der Waals surface area (Å²) in [5.41, 5.74) is 6.40. The van der Waals surface area contributed by atoms with Gasteiger partial charge in [-0.3, -0.25) is 9.78 Å². The van der Waals surface area contributed by atoms with Gasteiger partial charge in [0, 0.05) is 23.1 Å². The first-order valence-corrected chi connectivity index (χ1v) is 8.19. The number of aromatic amines is 1. The van der Waals surface area contributed by atoms with Crippen LogP contribution in [0.2, 0.25) is 0 Å². The summed E-state index contributed by atoms with van der Waals surface area (Å²) in [7, 11) is 0. The molecule has 2 aromatic heterocycles. The van der Waals surface area contributed by atoms with E-state index >= 15 is 0 Å². The highest BCUT2D eigenvalue weighted by Crippen LogP contribution is 2.22. The van der Waals surface area contributed by atoms with Crippen molar-refractivity contribution < 1.29 is 4.79 Å². The summed E-state index contributed by atoms with van der Waals surface area (Å²) in [4.78, 5) is 24.4. The number of H-pyrrole nitrogens is 1. The van der Waals surface area contributed by atoms with Gasteiger partial charge in [0.15, 0.2) is 0 Å². The van der Waals surface area contributed by atoms with E-state index < -0.39 is 0 Å². The number of amides is 1. The first-order chi connectivity index (χ1) is 12.1. The van der Waals surface area contributed by atoms with Crippen molar-refractivity contribution in [1.82, 2.24) is 20.3 Å². The lowest BCUT2D eigenvalue weighted by Gasteiger charge is -2.06. The highest BCUT2D eigenvalue weighted by molar-refractivity contribution is 5.93. The number of benzene rings is 2. The minimum absolute atomic E-state index is 0.222. The molecule has 2 aromatic carbocycles. The quantitative estimate of drug-likeness (QED) is 0.602. The summed E-state index contributed by atoms with van der Waals surface area (Å²) in [5.74, 6) is -0.222. The van der Waals surface area contributed by atoms with Crippen LogP contribution in [0.1, 0.15) is 27.3 Å². The number of hydrogen-bond acceptors (Lipinski definition) is 3. The van der Waals surface area contributed by atoms with Crippen LogP contribution in [0.25, 0.3) is 21.9 Å². The lowest BCUT2D eigenvalue weighted by Crippen LogP contribution is -2.24. The number of para-hydroxylation sites is 2. The van der Waals surface area contributed by atoms with Gasteiger partial charge in [0.2, 0.25) is 0 Å². The smallest absolute Gasteiger partial charge is 0.271 e. The molecule has 0 fully saturated rings. The largest absolute Gasteiger partial charge is 0.358 e. The predicted molar refractivity (Wildman–Crippen MR) is 98.5 cm³/mol. The van der Waals surface area contributed by atoms with E-state index in [1.807, 2.05) is 36.4 Å². The van der Waals surface area contributed by atoms with Gasteiger partial charge in [-0.2, -0.15) is 0 Å². The van der Waals surface area contributed by atoms with E-state index in [2.05, 4.69) is 40.2 Å². The van der Waals surface area contributed by atoms with Gasteiger partial charge in [-0.1, -0.05) is 18.2 Å². The van der Waals surface area contributed by atoms with Crippen molar-refractivity contribution in [2.45, 2.75) is 20.4 Å². The van der Waals surface area contributed by atoms with Gasteiger partial charge in [0.25, 0.3) is 5.91 Å². The maximum absolute atomic E-state index is 12.4. The van der Waals surface area contributed by atoms with Gasteiger partial charge in [0.05, 0.1) is 17.2 Å². The van der Waals surface area contributed by atoms with Crippen molar-refractivity contribution in [3.05, 3.63) is 71.2 Å². The van der Waals surface area contributed by atoms with Crippen LogP contribution in [0, 0.1) is 13.8 Å². The standard InChI is InChI=1S/C20H18N4O/c1-12-13(2)23-16-8-7-14(9-15(12)16)10-22-20(25)19-11-21-17-5-3-4-6-18(17)24-19/h3-9,11,23H,10H2,1-2H3,(H,22,25). The summed E-state index contributed by atoms with van der Waals surface area (Å²) >= 11 is 0. The Morgan fingerprint density at radius 2 is 1.92 bits per heavy atom. The first kappa shape index (κ1) is 15.3. The van der Waals surface area contributed by atoms with E-state index in [-0.39, 0.29) is 5.91 Å². The monoisotopic (exact) mass is 330 g/mol. The predicted octanol–water partition coefficient (Wildman–Crippen LogP) is 3.66. The number of fused-ring (bicyclic) bond motifs is 2. The number of rotatable bonds is 3. The average Bonchev–Trinajstić information content (AvgIpc) is 2.93. The number of aromatic nitrogens is 3. The molecule has 1 amide bonds. The second kappa shape index (κ2) is 6.02. The van der Waals surface area contributed by atoms with Crippen molar-refractivity contribution in [1.29, 1.82) is 0 Å². The molecule has 25 heavy (non-hydrogen) atoms. The van der Waals surface area contributed by atoms with Crippen LogP contribution < -0.4 is 5.32 Å². The van der Waals surface area contributed by atoms with E-state index in [0.29, 0.717) is 12.2 Å². The van der Waals surface area contributed by atoms with Crippen LogP contribution in [0.5, 0.6) is 0 Å². The molecule has 2 heterocycles. The van der Waals surface area contributed by atoms with Crippen LogP contribution in [-0.4, -0.2) is 20.9 Å². The molecule has 0 aliphatic heterocycles. The van der Waals surface area contributed by atoms with Crippen molar-refractivity contribution in [3.8, 4) is 0 Å². The third-order valence-electron chi connectivity index (χ3n) is 4.51. The Bertz CT molecular complexity index is 1100. The van der Waals surface area contributed by atoms with Crippen molar-refractivity contribution in [3.63, 3.8) is 0 Å². The minimum atomic E-state index is -0.222. The Morgan fingerprint density at radius 1 is 1.12 bits per heavy atom. The molecule has 5 heteroatoms. The molecule has 5 nitrogen and oxygen atoms in total. The zero-order valence-electron chi connectivity index (χ0n) is 14.1. The first-order valence-electron chi connectivity index (χ1n) is 8.19. The maximum Gasteiger partial charge on any atom is 0.271 e. The lowest BCUT2D eigenvalue weighted by molar-refractivity contribution is 0.0946. The maximum atomic E-state index is 12.4. The second-order valence-electron chi connectivity index (χ2n) is 6.18. The Morgan fingerprint density at radius 3 is 2.76 bits per heavy atom. The van der Waals surface area contributed by atoms with Crippen molar-refractivity contribution in [2.75, 3.05) is 0 Å². The normalized spacial score (nSPS) is 11.1. The summed E-state index contributed by atoms with van der Waals surface area (Å²) in [6.07, 6.45) is 1.51. The number of nitrogens with one attached hydrogen (secondary N) is 2. The van der Waals surface area contributed by atoms with Gasteiger partial charge in [0.1, 0.15) is 5.69 Å². The Labute approximate surface area is 145 Å². The van der Waals surface area contributed by atoms with Crippen molar-refractivity contribution in [2.24, 2.45) is 0 Å². The number of carbonyl (C=O) groups is 1. The minimum Gasteiger partial charge on any atom is -0.358 e. The summed E-state index contributed by atoms with van der Waals surface area (Å²) < 4.78 is 0. The molecule has 4 aromatic rings. The topological polar surface area (TPSA) is 70.7 Å². The van der Waals surface area contributed by atoms with Gasteiger partial charge < -0.3 is 10.3 Å². The molecule has 4 rings (SSSR count). The molecule has 0 aliphatic rings. The molecule has 0 bridgehead atoms. The molecule has 124 valence electrons. The second-order valence-corrected chi connectivity index (χ2v) is 6.18. The molecular formula is C20H18N4O. The molecule has 0 spiro atoms. The molecular weight excluding hydrogens is 312 g/mol. The number of hydrogen-bond donors (Lipinski definition) is 2. The van der Waals surface area contributed by atoms with E-state index in [4.69, 9.17) is 0 Å². The van der Waals surface area contributed by atoms with E-state index in [1.54, 1.807) is 0 Å². The fraction of sp³-hybridized carbons (Fsp3) is 0.150. The van der Waals surface area contributed by atoms with Crippen LogP contribution in [0.3, 0.4) is 0 Å². The Hall–Kier alpha value is -3.21. The fourth-order valence-electron chi connectivity index (χ4n) is 2.96. The zero-order valence-corrected chi connectivity index (χ0v) is 14.1. The molecule has 0 unspecified atom stereocenters. The van der Waals surface area contributed by atoms with E-state index in [1.165, 1.54) is 22.8 Å². The summed E-state index contributed by atoms with van der Waals surface area (Å²) in [6.45, 7) is 4.61. The van der Waals surface area contributed by atoms with E-state index in [0.717, 1.165) is 22.1 Å². The summed E-state index contributed by atoms with van der Waals surface area (Å²) in [5, 5.41) is 4.11. The molecule has 0 saturated heterocycles. The highest BCUT2D eigenvalue weighted by Gasteiger charge is 2.10. The molecule has 0 atom stereocenters. The molecule has 2 N–H and O–H groups in total. The number of carbonyl (C=O) groups excluding carboxylic acids is 1. The van der Waals surface area contributed by atoms with Gasteiger partial charge in [-0.25, -0.2) is 4.98 Å². The number of aryl methyl sites for hydroxylation is 2. The third kappa shape index (κ3) is 2.85. The zero-order chi connectivity index (χ0) is 17.4. The van der Waals surface area contributed by atoms with Crippen LogP contribution in [0.15, 0.2) is 48.7 Å². The lowest BCUT2D eigenvalue weighted by atomic mass is 10.1. The molecule has 0 radical (unpaired) electrons. The molecule has 0 saturated carbocycles. The Balaban J connectivity index is 1.53. The van der Waals surface area contributed by atoms with Gasteiger partial charge in [-0.05, 0) is 49.2 Å². The highest BCUT2D eigenvalue weighted by atomic mass is 16.1. The third-order valence-corrected chi connectivity index (χ3v) is 4.51. The average molecular weight is 330 g/mol. The van der Waals surface area contributed by atoms with Crippen LogP contribution in [0.4, 0.5) is 0 Å². The van der Waals surface area contributed by atoms with Crippen molar-refractivity contribution >= 4 is 27.8 Å². The van der Waals surface area contributed by atoms with Gasteiger partial charge >= 0.3 is 0 Å². The Kier molecular flexibility index (Phi) is 3.69. The van der Waals surface area contributed by atoms with Gasteiger partial charge in [-0.15, -0.1) is 0 Å². The van der Waals surface area contributed by atoms with Crippen LogP contribution >= 0.6 is 0 Å². The molecule has 0 aliphatic carbocycles. The van der Waals surface area contributed by atoms with Crippen LogP contribution in [-0.2, 0) is 6.54 Å². The summed E-state index contributed by atoms with van der Waals surface area (Å²) in [6, 6.07) is 13.7. The number of nitrogens with zero attached hydrogens (tertiary/aromatic N) is 2. The van der Waals surface area contributed by atoms with E-state index in [9.17, 15) is 4.79 Å².